The SMILES string of the molecule is CCCCC(CC)C[PH](c1ccccc1)(c1ccccc1)c1ccccc1. The molecule has 0 amide bonds. The standard InChI is InChI=1S/C26H33P/c1-3-5-15-23(4-2)22-27(24-16-9-6-10-17-24,25-18-11-7-12-19-25)26-20-13-8-14-21-26/h6-14,16-21,23,27H,3-5,15,22H2,1-2H3. The van der Waals surface area contributed by atoms with Crippen molar-refractivity contribution in [1.29, 1.82) is 0 Å². The molecule has 0 N–H and O–H groups in total. The van der Waals surface area contributed by atoms with Gasteiger partial charge in [-0.05, 0) is 0 Å². The summed E-state index contributed by atoms with van der Waals surface area (Å²) in [6.45, 7) is 4.68. The topological polar surface area (TPSA) is 0 Å². The van der Waals surface area contributed by atoms with Crippen molar-refractivity contribution in [3.05, 3.63) is 91.0 Å². The molecule has 0 heterocycles. The van der Waals surface area contributed by atoms with Crippen molar-refractivity contribution in [2.45, 2.75) is 39.5 Å². The fourth-order valence-electron chi connectivity index (χ4n) is 4.40. The van der Waals surface area contributed by atoms with E-state index in [0.29, 0.717) is 0 Å². The van der Waals surface area contributed by atoms with Gasteiger partial charge in [0.1, 0.15) is 0 Å². The second-order valence-corrected chi connectivity index (χ2v) is 11.6. The van der Waals surface area contributed by atoms with Crippen LogP contribution in [0.3, 0.4) is 0 Å². The summed E-state index contributed by atoms with van der Waals surface area (Å²) in [5, 5.41) is 4.62. The van der Waals surface area contributed by atoms with Gasteiger partial charge in [-0.25, -0.2) is 0 Å². The molecule has 0 aliphatic heterocycles. The minimum absolute atomic E-state index is 0.775. The first-order valence-corrected chi connectivity index (χ1v) is 12.7. The van der Waals surface area contributed by atoms with Gasteiger partial charge in [0.05, 0.1) is 0 Å². The van der Waals surface area contributed by atoms with Crippen LogP contribution in [0.1, 0.15) is 39.5 Å². The van der Waals surface area contributed by atoms with E-state index in [1.54, 1.807) is 0 Å². The first-order chi connectivity index (χ1) is 13.3. The number of hydrogen-bond donors (Lipinski definition) is 0. The number of rotatable bonds is 9. The van der Waals surface area contributed by atoms with Gasteiger partial charge in [-0.3, -0.25) is 0 Å². The summed E-state index contributed by atoms with van der Waals surface area (Å²) in [7, 11) is -2.06. The minimum atomic E-state index is -2.06. The average Bonchev–Trinajstić information content (AvgIpc) is 2.76. The van der Waals surface area contributed by atoms with Gasteiger partial charge in [0.2, 0.25) is 0 Å². The molecule has 142 valence electrons. The Balaban J connectivity index is 2.19. The van der Waals surface area contributed by atoms with E-state index in [4.69, 9.17) is 0 Å². The van der Waals surface area contributed by atoms with E-state index in [-0.39, 0.29) is 0 Å². The van der Waals surface area contributed by atoms with Gasteiger partial charge in [0.15, 0.2) is 0 Å². The second-order valence-electron chi connectivity index (χ2n) is 7.62. The van der Waals surface area contributed by atoms with Gasteiger partial charge in [-0.2, -0.15) is 0 Å². The van der Waals surface area contributed by atoms with E-state index in [9.17, 15) is 0 Å². The van der Waals surface area contributed by atoms with Gasteiger partial charge >= 0.3 is 166 Å². The van der Waals surface area contributed by atoms with Crippen molar-refractivity contribution in [3.63, 3.8) is 0 Å². The van der Waals surface area contributed by atoms with E-state index in [1.807, 2.05) is 0 Å². The van der Waals surface area contributed by atoms with E-state index in [0.717, 1.165) is 5.92 Å². The zero-order valence-electron chi connectivity index (χ0n) is 16.8. The van der Waals surface area contributed by atoms with E-state index < -0.39 is 7.26 Å². The fraction of sp³-hybridized carbons (Fsp3) is 0.308. The first-order valence-electron chi connectivity index (χ1n) is 10.5. The van der Waals surface area contributed by atoms with Crippen molar-refractivity contribution in [1.82, 2.24) is 0 Å². The van der Waals surface area contributed by atoms with Gasteiger partial charge in [0, 0.05) is 0 Å². The van der Waals surface area contributed by atoms with Crippen LogP contribution in [0.25, 0.3) is 0 Å². The normalized spacial score (nSPS) is 13.3. The van der Waals surface area contributed by atoms with Crippen LogP contribution in [-0.2, 0) is 0 Å². The molecule has 1 unspecified atom stereocenters. The monoisotopic (exact) mass is 376 g/mol. The molecule has 1 heteroatoms. The Morgan fingerprint density at radius 2 is 1.04 bits per heavy atom. The molecule has 0 saturated heterocycles. The maximum atomic E-state index is 2.38. The van der Waals surface area contributed by atoms with Crippen LogP contribution in [0.15, 0.2) is 91.0 Å². The van der Waals surface area contributed by atoms with Crippen LogP contribution in [0.2, 0.25) is 0 Å². The summed E-state index contributed by atoms with van der Waals surface area (Å²) >= 11 is 0. The number of hydrogen-bond acceptors (Lipinski definition) is 0. The van der Waals surface area contributed by atoms with E-state index >= 15 is 0 Å². The van der Waals surface area contributed by atoms with Crippen molar-refractivity contribution < 1.29 is 0 Å². The third kappa shape index (κ3) is 4.50. The summed E-state index contributed by atoms with van der Waals surface area (Å²) in [5.41, 5.74) is 0. The van der Waals surface area contributed by atoms with Crippen molar-refractivity contribution in [2.75, 3.05) is 6.16 Å². The summed E-state index contributed by atoms with van der Waals surface area (Å²) in [4.78, 5) is 0. The summed E-state index contributed by atoms with van der Waals surface area (Å²) in [6.07, 6.45) is 6.52. The molecule has 3 aromatic carbocycles. The Labute approximate surface area is 166 Å². The predicted octanol–water partition coefficient (Wildman–Crippen LogP) is 5.93. The van der Waals surface area contributed by atoms with E-state index in [1.165, 1.54) is 47.8 Å². The average molecular weight is 377 g/mol. The summed E-state index contributed by atoms with van der Waals surface area (Å²) < 4.78 is 0. The molecule has 0 spiro atoms. The molecular formula is C26H33P. The summed E-state index contributed by atoms with van der Waals surface area (Å²) in [5.74, 6) is 0.775. The Bertz CT molecular complexity index is 684. The zero-order valence-corrected chi connectivity index (χ0v) is 17.8. The Morgan fingerprint density at radius 1 is 0.630 bits per heavy atom. The van der Waals surface area contributed by atoms with Gasteiger partial charge in [-0.1, -0.05) is 0 Å². The third-order valence-electron chi connectivity index (χ3n) is 5.94. The maximum absolute atomic E-state index is 2.38. The number of unbranched alkanes of at least 4 members (excludes halogenated alkanes) is 1. The number of benzene rings is 3. The second kappa shape index (κ2) is 9.86. The van der Waals surface area contributed by atoms with Crippen LogP contribution in [0.5, 0.6) is 0 Å². The summed E-state index contributed by atoms with van der Waals surface area (Å²) in [6, 6.07) is 34.0. The molecule has 27 heavy (non-hydrogen) atoms. The van der Waals surface area contributed by atoms with Gasteiger partial charge in [0.25, 0.3) is 0 Å². The molecule has 1 atom stereocenters. The van der Waals surface area contributed by atoms with Crippen LogP contribution in [-0.4, -0.2) is 6.16 Å². The molecule has 3 aromatic rings. The van der Waals surface area contributed by atoms with E-state index in [2.05, 4.69) is 105 Å². The molecule has 0 aliphatic rings. The molecule has 3 rings (SSSR count). The van der Waals surface area contributed by atoms with Crippen LogP contribution >= 0.6 is 7.26 Å². The quantitative estimate of drug-likeness (QED) is 0.406. The molecular weight excluding hydrogens is 343 g/mol. The Kier molecular flexibility index (Phi) is 7.25. The fourth-order valence-corrected chi connectivity index (χ4v) is 9.75. The molecule has 0 bridgehead atoms. The van der Waals surface area contributed by atoms with Crippen LogP contribution in [0, 0.1) is 5.92 Å². The Morgan fingerprint density at radius 3 is 1.37 bits per heavy atom. The van der Waals surface area contributed by atoms with Gasteiger partial charge in [-0.15, -0.1) is 0 Å². The molecule has 0 aliphatic carbocycles. The van der Waals surface area contributed by atoms with Crippen molar-refractivity contribution >= 4 is 23.2 Å². The molecule has 0 nitrogen and oxygen atoms in total. The van der Waals surface area contributed by atoms with Crippen LogP contribution in [0.4, 0.5) is 0 Å². The third-order valence-corrected chi connectivity index (χ3v) is 11.1. The Hall–Kier alpha value is -1.91. The predicted molar refractivity (Wildman–Crippen MR) is 125 cm³/mol. The van der Waals surface area contributed by atoms with Gasteiger partial charge < -0.3 is 0 Å². The molecule has 0 fully saturated rings. The first kappa shape index (κ1) is 19.8. The van der Waals surface area contributed by atoms with Crippen LogP contribution < -0.4 is 15.9 Å². The van der Waals surface area contributed by atoms with Crippen molar-refractivity contribution in [2.24, 2.45) is 5.92 Å². The zero-order chi connectivity index (χ0) is 19.0. The molecule has 0 saturated carbocycles. The van der Waals surface area contributed by atoms with Crippen molar-refractivity contribution in [3.8, 4) is 0 Å². The molecule has 0 radical (unpaired) electrons. The molecule has 0 aromatic heterocycles.